The summed E-state index contributed by atoms with van der Waals surface area (Å²) in [4.78, 5) is 3.70. The Bertz CT molecular complexity index is 388. The topological polar surface area (TPSA) is 52.0 Å². The second-order valence-corrected chi connectivity index (χ2v) is 6.23. The summed E-state index contributed by atoms with van der Waals surface area (Å²) in [5.74, 6) is 1.04. The number of thioether (sulfide) groups is 1. The van der Waals surface area contributed by atoms with Crippen molar-refractivity contribution in [2.24, 2.45) is 0 Å². The van der Waals surface area contributed by atoms with E-state index in [1.807, 2.05) is 6.26 Å². The molecule has 1 heterocycles. The molecule has 0 amide bonds. The Morgan fingerprint density at radius 1 is 1.64 bits per heavy atom. The van der Waals surface area contributed by atoms with E-state index < -0.39 is 9.05 Å². The monoisotopic (exact) mass is 254 g/mol. The first-order valence-corrected chi connectivity index (χ1v) is 7.69. The number of nitrogens with zero attached hydrogens (tertiary/aromatic N) is 2. The zero-order valence-electron chi connectivity index (χ0n) is 7.68. The molecule has 0 aliphatic rings. The van der Waals surface area contributed by atoms with Gasteiger partial charge in [0.1, 0.15) is 0 Å². The lowest BCUT2D eigenvalue weighted by atomic mass is 10.5. The molecule has 1 aromatic rings. The minimum atomic E-state index is -3.68. The minimum absolute atomic E-state index is 0.0803. The summed E-state index contributed by atoms with van der Waals surface area (Å²) in [5.41, 5.74) is 0. The van der Waals surface area contributed by atoms with Gasteiger partial charge in [0.05, 0.1) is 6.33 Å². The van der Waals surface area contributed by atoms with Gasteiger partial charge in [0.15, 0.2) is 5.03 Å². The summed E-state index contributed by atoms with van der Waals surface area (Å²) in [7, 11) is 1.45. The Labute approximate surface area is 92.1 Å². The number of aryl methyl sites for hydroxylation is 1. The van der Waals surface area contributed by atoms with E-state index >= 15 is 0 Å². The molecule has 7 heteroatoms. The van der Waals surface area contributed by atoms with Crippen LogP contribution >= 0.6 is 22.4 Å². The molecule has 0 atom stereocenters. The van der Waals surface area contributed by atoms with Gasteiger partial charge in [0, 0.05) is 23.4 Å². The molecule has 0 fully saturated rings. The molecule has 0 aromatic carbocycles. The quantitative estimate of drug-likeness (QED) is 0.591. The molecule has 0 bridgehead atoms. The van der Waals surface area contributed by atoms with Gasteiger partial charge in [-0.2, -0.15) is 11.8 Å². The fourth-order valence-electron chi connectivity index (χ4n) is 0.979. The maximum absolute atomic E-state index is 10.9. The Balaban J connectivity index is 2.60. The van der Waals surface area contributed by atoms with Crippen molar-refractivity contribution in [3.63, 3.8) is 0 Å². The molecule has 0 aliphatic heterocycles. The number of imidazole rings is 1. The lowest BCUT2D eigenvalue weighted by Crippen LogP contribution is -1.96. The first-order valence-electron chi connectivity index (χ1n) is 3.99. The van der Waals surface area contributed by atoms with Gasteiger partial charge in [-0.15, -0.1) is 0 Å². The van der Waals surface area contributed by atoms with Crippen molar-refractivity contribution >= 4 is 31.5 Å². The third kappa shape index (κ3) is 3.51. The van der Waals surface area contributed by atoms with Crippen LogP contribution in [0.25, 0.3) is 0 Å². The van der Waals surface area contributed by atoms with E-state index in [2.05, 4.69) is 4.98 Å². The first-order chi connectivity index (χ1) is 6.54. The highest BCUT2D eigenvalue weighted by atomic mass is 35.7. The predicted octanol–water partition coefficient (Wildman–Crippen LogP) is 1.56. The molecular weight excluding hydrogens is 244 g/mol. The van der Waals surface area contributed by atoms with Crippen LogP contribution in [0.5, 0.6) is 0 Å². The third-order valence-electron chi connectivity index (χ3n) is 1.62. The van der Waals surface area contributed by atoms with Gasteiger partial charge in [0.2, 0.25) is 0 Å². The molecule has 80 valence electrons. The van der Waals surface area contributed by atoms with Gasteiger partial charge in [-0.1, -0.05) is 0 Å². The lowest BCUT2D eigenvalue weighted by molar-refractivity contribution is 0.606. The molecule has 0 radical (unpaired) electrons. The molecule has 0 saturated carbocycles. The number of halogens is 1. The van der Waals surface area contributed by atoms with Crippen molar-refractivity contribution in [3.8, 4) is 0 Å². The van der Waals surface area contributed by atoms with Gasteiger partial charge in [-0.3, -0.25) is 0 Å². The van der Waals surface area contributed by atoms with Crippen molar-refractivity contribution in [3.05, 3.63) is 12.5 Å². The summed E-state index contributed by atoms with van der Waals surface area (Å²) in [6, 6.07) is 0. The number of hydrogen-bond acceptors (Lipinski definition) is 4. The van der Waals surface area contributed by atoms with Crippen LogP contribution in [0.3, 0.4) is 0 Å². The summed E-state index contributed by atoms with van der Waals surface area (Å²) in [5, 5.41) is -0.0803. The molecule has 14 heavy (non-hydrogen) atoms. The third-order valence-corrected chi connectivity index (χ3v) is 3.51. The minimum Gasteiger partial charge on any atom is -0.336 e. The summed E-state index contributed by atoms with van der Waals surface area (Å²) in [6.07, 6.45) is 5.94. The molecule has 1 aromatic heterocycles. The maximum atomic E-state index is 10.9. The average Bonchev–Trinajstić information content (AvgIpc) is 2.52. The van der Waals surface area contributed by atoms with Gasteiger partial charge < -0.3 is 4.57 Å². The van der Waals surface area contributed by atoms with Crippen LogP contribution in [0.2, 0.25) is 0 Å². The zero-order valence-corrected chi connectivity index (χ0v) is 10.1. The van der Waals surface area contributed by atoms with E-state index in [1.54, 1.807) is 16.3 Å². The molecular formula is C7H11ClN2O2S2. The zero-order chi connectivity index (χ0) is 10.6. The van der Waals surface area contributed by atoms with Crippen molar-refractivity contribution in [2.45, 2.75) is 18.0 Å². The molecule has 0 saturated heterocycles. The molecule has 0 unspecified atom stereocenters. The Morgan fingerprint density at radius 2 is 2.36 bits per heavy atom. The number of aromatic nitrogens is 2. The maximum Gasteiger partial charge on any atom is 0.280 e. The fourth-order valence-corrected chi connectivity index (χ4v) is 2.07. The molecule has 4 nitrogen and oxygen atoms in total. The van der Waals surface area contributed by atoms with Crippen molar-refractivity contribution in [1.29, 1.82) is 0 Å². The second-order valence-electron chi connectivity index (χ2n) is 2.73. The highest BCUT2D eigenvalue weighted by Crippen LogP contribution is 2.11. The largest absolute Gasteiger partial charge is 0.336 e. The van der Waals surface area contributed by atoms with Crippen LogP contribution in [-0.2, 0) is 15.6 Å². The SMILES string of the molecule is CSCCCn1cnc(S(=O)(=O)Cl)c1. The number of rotatable bonds is 5. The highest BCUT2D eigenvalue weighted by molar-refractivity contribution is 8.13. The second kappa shape index (κ2) is 5.04. The first kappa shape index (κ1) is 11.9. The standard InChI is InChI=1S/C7H11ClN2O2S2/c1-13-4-2-3-10-5-7(9-6-10)14(8,11)12/h5-6H,2-4H2,1H3. The van der Waals surface area contributed by atoms with Gasteiger partial charge in [0.25, 0.3) is 9.05 Å². The smallest absolute Gasteiger partial charge is 0.280 e. The molecule has 0 aliphatic carbocycles. The summed E-state index contributed by atoms with van der Waals surface area (Å²) < 4.78 is 23.5. The Kier molecular flexibility index (Phi) is 4.28. The Hall–Kier alpha value is -0.200. The lowest BCUT2D eigenvalue weighted by Gasteiger charge is -1.98. The normalized spacial score (nSPS) is 11.9. The van der Waals surface area contributed by atoms with E-state index in [-0.39, 0.29) is 5.03 Å². The summed E-state index contributed by atoms with van der Waals surface area (Å²) in [6.45, 7) is 0.764. The van der Waals surface area contributed by atoms with E-state index in [1.165, 1.54) is 12.5 Å². The van der Waals surface area contributed by atoms with Gasteiger partial charge in [-0.25, -0.2) is 13.4 Å². The van der Waals surface area contributed by atoms with Crippen LogP contribution in [0, 0.1) is 0 Å². The molecule has 1 rings (SSSR count). The van der Waals surface area contributed by atoms with Crippen LogP contribution in [0.15, 0.2) is 17.6 Å². The predicted molar refractivity (Wildman–Crippen MR) is 58.3 cm³/mol. The van der Waals surface area contributed by atoms with E-state index in [9.17, 15) is 8.42 Å². The van der Waals surface area contributed by atoms with Gasteiger partial charge >= 0.3 is 0 Å². The van der Waals surface area contributed by atoms with Crippen LogP contribution < -0.4 is 0 Å². The Morgan fingerprint density at radius 3 is 2.86 bits per heavy atom. The van der Waals surface area contributed by atoms with Crippen LogP contribution in [0.1, 0.15) is 6.42 Å². The van der Waals surface area contributed by atoms with Crippen molar-refractivity contribution in [1.82, 2.24) is 9.55 Å². The van der Waals surface area contributed by atoms with Gasteiger partial charge in [-0.05, 0) is 18.4 Å². The summed E-state index contributed by atoms with van der Waals surface area (Å²) >= 11 is 1.76. The van der Waals surface area contributed by atoms with Crippen molar-refractivity contribution in [2.75, 3.05) is 12.0 Å². The fraction of sp³-hybridized carbons (Fsp3) is 0.571. The van der Waals surface area contributed by atoms with E-state index in [0.717, 1.165) is 18.7 Å². The van der Waals surface area contributed by atoms with Crippen molar-refractivity contribution < 1.29 is 8.42 Å². The van der Waals surface area contributed by atoms with E-state index in [4.69, 9.17) is 10.7 Å². The van der Waals surface area contributed by atoms with E-state index in [0.29, 0.717) is 0 Å². The average molecular weight is 255 g/mol. The van der Waals surface area contributed by atoms with Crippen LogP contribution in [-0.4, -0.2) is 30.0 Å². The highest BCUT2D eigenvalue weighted by Gasteiger charge is 2.12. The molecule has 0 N–H and O–H groups in total. The molecule has 0 spiro atoms. The number of hydrogen-bond donors (Lipinski definition) is 0. The van der Waals surface area contributed by atoms with Crippen LogP contribution in [0.4, 0.5) is 0 Å².